The summed E-state index contributed by atoms with van der Waals surface area (Å²) < 4.78 is 33.1. The molecule has 2 fully saturated rings. The van der Waals surface area contributed by atoms with Crippen LogP contribution in [0.25, 0.3) is 0 Å². The second kappa shape index (κ2) is 8.99. The predicted octanol–water partition coefficient (Wildman–Crippen LogP) is -1.26. The molecule has 22 heavy (non-hydrogen) atoms. The second-order valence-corrected chi connectivity index (χ2v) is 7.08. The topological polar surface area (TPSA) is 82.2 Å². The van der Waals surface area contributed by atoms with Crippen LogP contribution in [0.1, 0.15) is 6.42 Å². The van der Waals surface area contributed by atoms with Gasteiger partial charge in [0.2, 0.25) is 5.91 Å². The van der Waals surface area contributed by atoms with Gasteiger partial charge in [-0.3, -0.25) is 4.79 Å². The third-order valence-corrected chi connectivity index (χ3v) is 5.84. The van der Waals surface area contributed by atoms with Crippen LogP contribution in [0.2, 0.25) is 0 Å². The summed E-state index contributed by atoms with van der Waals surface area (Å²) in [6.07, 6.45) is 0.451. The molecule has 1 amide bonds. The average molecular weight is 357 g/mol. The Labute approximate surface area is 138 Å². The van der Waals surface area contributed by atoms with Crippen LogP contribution in [0.4, 0.5) is 0 Å². The van der Waals surface area contributed by atoms with Crippen LogP contribution in [-0.2, 0) is 19.7 Å². The number of amides is 1. The first-order valence-electron chi connectivity index (χ1n) is 7.31. The SMILES string of the molecule is CNCCC(=O)N1CCN(S(=O)(=O)N2CCOCC2)CC1.Cl. The number of halogens is 1. The van der Waals surface area contributed by atoms with Crippen LogP contribution in [0.15, 0.2) is 0 Å². The number of carbonyl (C=O) groups excluding carboxylic acids is 1. The second-order valence-electron chi connectivity index (χ2n) is 5.15. The van der Waals surface area contributed by atoms with Gasteiger partial charge in [0.1, 0.15) is 0 Å². The minimum Gasteiger partial charge on any atom is -0.379 e. The number of hydrogen-bond acceptors (Lipinski definition) is 5. The van der Waals surface area contributed by atoms with Gasteiger partial charge in [-0.05, 0) is 7.05 Å². The van der Waals surface area contributed by atoms with E-state index in [4.69, 9.17) is 4.74 Å². The number of nitrogens with one attached hydrogen (secondary N) is 1. The van der Waals surface area contributed by atoms with Crippen LogP contribution >= 0.6 is 12.4 Å². The van der Waals surface area contributed by atoms with Crippen molar-refractivity contribution in [2.45, 2.75) is 6.42 Å². The van der Waals surface area contributed by atoms with Crippen LogP contribution in [0, 0.1) is 0 Å². The molecule has 2 rings (SSSR count). The standard InChI is InChI=1S/C12H24N4O4S.ClH/c1-13-3-2-12(17)14-4-6-15(7-5-14)21(18,19)16-8-10-20-11-9-16;/h13H,2-11H2,1H3;1H. The molecule has 0 saturated carbocycles. The van der Waals surface area contributed by atoms with Crippen molar-refractivity contribution in [2.75, 3.05) is 66.1 Å². The smallest absolute Gasteiger partial charge is 0.282 e. The normalized spacial score (nSPS) is 21.4. The lowest BCUT2D eigenvalue weighted by Gasteiger charge is -2.37. The van der Waals surface area contributed by atoms with Gasteiger partial charge >= 0.3 is 0 Å². The molecule has 0 aromatic heterocycles. The molecule has 10 heteroatoms. The van der Waals surface area contributed by atoms with E-state index in [9.17, 15) is 13.2 Å². The molecule has 130 valence electrons. The van der Waals surface area contributed by atoms with Gasteiger partial charge in [-0.2, -0.15) is 17.0 Å². The molecule has 2 aliphatic heterocycles. The fraction of sp³-hybridized carbons (Fsp3) is 0.917. The minimum atomic E-state index is -3.41. The quantitative estimate of drug-likeness (QED) is 0.665. The molecule has 0 radical (unpaired) electrons. The number of ether oxygens (including phenoxy) is 1. The van der Waals surface area contributed by atoms with Gasteiger partial charge in [-0.25, -0.2) is 0 Å². The Bertz CT molecular complexity index is 448. The fourth-order valence-corrected chi connectivity index (χ4v) is 4.06. The molecule has 0 aromatic carbocycles. The maximum absolute atomic E-state index is 12.5. The Hall–Kier alpha value is -0.450. The van der Waals surface area contributed by atoms with Crippen LogP contribution < -0.4 is 5.32 Å². The maximum atomic E-state index is 12.5. The molecule has 2 saturated heterocycles. The Morgan fingerprint density at radius 3 is 2.14 bits per heavy atom. The first-order chi connectivity index (χ1) is 10.1. The first-order valence-corrected chi connectivity index (χ1v) is 8.70. The minimum absolute atomic E-state index is 0. The molecule has 2 aliphatic rings. The van der Waals surface area contributed by atoms with Crippen molar-refractivity contribution in [3.8, 4) is 0 Å². The maximum Gasteiger partial charge on any atom is 0.282 e. The van der Waals surface area contributed by atoms with E-state index in [0.29, 0.717) is 65.4 Å². The van der Waals surface area contributed by atoms with E-state index >= 15 is 0 Å². The zero-order valence-corrected chi connectivity index (χ0v) is 14.5. The van der Waals surface area contributed by atoms with E-state index in [1.165, 1.54) is 8.61 Å². The Morgan fingerprint density at radius 2 is 1.59 bits per heavy atom. The summed E-state index contributed by atoms with van der Waals surface area (Å²) in [4.78, 5) is 13.6. The van der Waals surface area contributed by atoms with Crippen molar-refractivity contribution in [3.63, 3.8) is 0 Å². The molecule has 0 unspecified atom stereocenters. The molecular formula is C12H25ClN4O4S. The number of piperazine rings is 1. The van der Waals surface area contributed by atoms with Gasteiger partial charge < -0.3 is 15.0 Å². The molecule has 1 N–H and O–H groups in total. The molecule has 2 heterocycles. The number of hydrogen-bond donors (Lipinski definition) is 1. The summed E-state index contributed by atoms with van der Waals surface area (Å²) in [5.74, 6) is 0.0766. The van der Waals surface area contributed by atoms with Gasteiger partial charge in [0.15, 0.2) is 0 Å². The van der Waals surface area contributed by atoms with E-state index < -0.39 is 10.2 Å². The van der Waals surface area contributed by atoms with Crippen molar-refractivity contribution in [1.82, 2.24) is 18.8 Å². The summed E-state index contributed by atoms with van der Waals surface area (Å²) in [5, 5.41) is 2.94. The molecule has 0 spiro atoms. The van der Waals surface area contributed by atoms with E-state index in [0.717, 1.165) is 0 Å². The van der Waals surface area contributed by atoms with Gasteiger partial charge in [0.05, 0.1) is 13.2 Å². The van der Waals surface area contributed by atoms with E-state index in [-0.39, 0.29) is 18.3 Å². The van der Waals surface area contributed by atoms with Crippen molar-refractivity contribution in [2.24, 2.45) is 0 Å². The summed E-state index contributed by atoms with van der Waals surface area (Å²) >= 11 is 0. The zero-order chi connectivity index (χ0) is 15.3. The van der Waals surface area contributed by atoms with Gasteiger partial charge in [0, 0.05) is 52.2 Å². The molecule has 8 nitrogen and oxygen atoms in total. The Balaban J connectivity index is 0.00000242. The molecule has 0 bridgehead atoms. The predicted molar refractivity (Wildman–Crippen MR) is 85.3 cm³/mol. The van der Waals surface area contributed by atoms with Crippen LogP contribution in [0.3, 0.4) is 0 Å². The lowest BCUT2D eigenvalue weighted by molar-refractivity contribution is -0.132. The summed E-state index contributed by atoms with van der Waals surface area (Å²) in [6.45, 7) is 4.01. The zero-order valence-electron chi connectivity index (χ0n) is 12.9. The van der Waals surface area contributed by atoms with Gasteiger partial charge in [-0.1, -0.05) is 0 Å². The third-order valence-electron chi connectivity index (χ3n) is 3.80. The number of rotatable bonds is 5. The Kier molecular flexibility index (Phi) is 8.01. The highest BCUT2D eigenvalue weighted by Crippen LogP contribution is 2.14. The van der Waals surface area contributed by atoms with Crippen LogP contribution in [0.5, 0.6) is 0 Å². The van der Waals surface area contributed by atoms with Crippen LogP contribution in [-0.4, -0.2) is 93.9 Å². The number of nitrogens with zero attached hydrogens (tertiary/aromatic N) is 3. The number of carbonyl (C=O) groups is 1. The highest BCUT2D eigenvalue weighted by atomic mass is 35.5. The highest BCUT2D eigenvalue weighted by Gasteiger charge is 2.33. The fourth-order valence-electron chi connectivity index (χ4n) is 2.50. The molecular weight excluding hydrogens is 332 g/mol. The first kappa shape index (κ1) is 19.6. The molecule has 0 aliphatic carbocycles. The lowest BCUT2D eigenvalue weighted by Crippen LogP contribution is -2.55. The molecule has 0 aromatic rings. The van der Waals surface area contributed by atoms with E-state index in [1.807, 2.05) is 0 Å². The van der Waals surface area contributed by atoms with Crippen molar-refractivity contribution in [3.05, 3.63) is 0 Å². The van der Waals surface area contributed by atoms with Crippen molar-refractivity contribution in [1.29, 1.82) is 0 Å². The average Bonchev–Trinajstić information content (AvgIpc) is 2.53. The van der Waals surface area contributed by atoms with Gasteiger partial charge in [0.25, 0.3) is 10.2 Å². The monoisotopic (exact) mass is 356 g/mol. The van der Waals surface area contributed by atoms with E-state index in [2.05, 4.69) is 5.32 Å². The number of morpholine rings is 1. The van der Waals surface area contributed by atoms with Crippen molar-refractivity contribution >= 4 is 28.5 Å². The third kappa shape index (κ3) is 4.77. The Morgan fingerprint density at radius 1 is 1.05 bits per heavy atom. The largest absolute Gasteiger partial charge is 0.379 e. The summed E-state index contributed by atoms with van der Waals surface area (Å²) in [5.41, 5.74) is 0. The lowest BCUT2D eigenvalue weighted by atomic mass is 10.3. The molecule has 0 atom stereocenters. The van der Waals surface area contributed by atoms with Gasteiger partial charge in [-0.15, -0.1) is 12.4 Å². The van der Waals surface area contributed by atoms with E-state index in [1.54, 1.807) is 11.9 Å². The summed E-state index contributed by atoms with van der Waals surface area (Å²) in [7, 11) is -1.61. The highest BCUT2D eigenvalue weighted by molar-refractivity contribution is 7.86. The van der Waals surface area contributed by atoms with Crippen molar-refractivity contribution < 1.29 is 17.9 Å². The summed E-state index contributed by atoms with van der Waals surface area (Å²) in [6, 6.07) is 0.